The lowest BCUT2D eigenvalue weighted by Crippen LogP contribution is -2.53. The molecule has 0 aromatic carbocycles. The topological polar surface area (TPSA) is 77.9 Å². The van der Waals surface area contributed by atoms with E-state index < -0.39 is 22.2 Å². The second kappa shape index (κ2) is 6.43. The second-order valence-corrected chi connectivity index (χ2v) is 7.94. The predicted octanol–water partition coefficient (Wildman–Crippen LogP) is 0.609. The van der Waals surface area contributed by atoms with Gasteiger partial charge in [-0.05, 0) is 31.4 Å². The van der Waals surface area contributed by atoms with E-state index in [2.05, 4.69) is 0 Å². The van der Waals surface area contributed by atoms with Gasteiger partial charge in [-0.1, -0.05) is 0 Å². The zero-order valence-electron chi connectivity index (χ0n) is 10.8. The quantitative estimate of drug-likeness (QED) is 0.826. The molecule has 2 saturated heterocycles. The molecule has 1 N–H and O–H groups in total. The predicted molar refractivity (Wildman–Crippen MR) is 74.4 cm³/mol. The fourth-order valence-corrected chi connectivity index (χ4v) is 5.39. The summed E-state index contributed by atoms with van der Waals surface area (Å²) in [6.07, 6.45) is 2.76. The van der Waals surface area contributed by atoms with Crippen molar-refractivity contribution in [3.8, 4) is 0 Å². The Morgan fingerprint density at radius 1 is 1.11 bits per heavy atom. The highest BCUT2D eigenvalue weighted by molar-refractivity contribution is 7.99. The van der Waals surface area contributed by atoms with Gasteiger partial charge in [0.15, 0.2) is 0 Å². The SMILES string of the molecule is O=C(O)C1CCCCN1S(=O)(=O)N1CCCSCC1. The van der Waals surface area contributed by atoms with E-state index in [0.717, 1.165) is 30.8 Å². The third kappa shape index (κ3) is 3.42. The van der Waals surface area contributed by atoms with Crippen LogP contribution in [-0.2, 0) is 15.0 Å². The van der Waals surface area contributed by atoms with Gasteiger partial charge in [0.1, 0.15) is 6.04 Å². The molecule has 0 bridgehead atoms. The van der Waals surface area contributed by atoms with Gasteiger partial charge in [0.05, 0.1) is 0 Å². The third-order valence-corrected chi connectivity index (χ3v) is 6.64. The van der Waals surface area contributed by atoms with Crippen LogP contribution in [0.4, 0.5) is 0 Å². The zero-order valence-corrected chi connectivity index (χ0v) is 12.5. The number of carbonyl (C=O) groups is 1. The maximum atomic E-state index is 12.6. The van der Waals surface area contributed by atoms with Crippen molar-refractivity contribution in [3.05, 3.63) is 0 Å². The number of nitrogens with zero attached hydrogens (tertiary/aromatic N) is 2. The Bertz CT molecular complexity index is 418. The highest BCUT2D eigenvalue weighted by Gasteiger charge is 2.39. The molecule has 1 atom stereocenters. The largest absolute Gasteiger partial charge is 0.480 e. The number of hydrogen-bond acceptors (Lipinski definition) is 4. The fraction of sp³-hybridized carbons (Fsp3) is 0.909. The van der Waals surface area contributed by atoms with Crippen molar-refractivity contribution in [1.82, 2.24) is 8.61 Å². The summed E-state index contributed by atoms with van der Waals surface area (Å²) in [5.74, 6) is 0.714. The first-order valence-electron chi connectivity index (χ1n) is 6.61. The van der Waals surface area contributed by atoms with E-state index in [0.29, 0.717) is 26.1 Å². The molecule has 2 aliphatic heterocycles. The maximum Gasteiger partial charge on any atom is 0.322 e. The van der Waals surface area contributed by atoms with Crippen molar-refractivity contribution >= 4 is 27.9 Å². The number of piperidine rings is 1. The lowest BCUT2D eigenvalue weighted by molar-refractivity contribution is -0.142. The average Bonchev–Trinajstić information content (AvgIpc) is 2.68. The molecule has 2 fully saturated rings. The molecule has 0 radical (unpaired) electrons. The third-order valence-electron chi connectivity index (χ3n) is 3.54. The van der Waals surface area contributed by atoms with E-state index in [1.807, 2.05) is 0 Å². The molecule has 1 unspecified atom stereocenters. The van der Waals surface area contributed by atoms with Crippen molar-refractivity contribution in [3.63, 3.8) is 0 Å². The first-order chi connectivity index (χ1) is 9.03. The van der Waals surface area contributed by atoms with Gasteiger partial charge in [0, 0.05) is 25.4 Å². The molecule has 2 heterocycles. The Hall–Kier alpha value is -0.310. The number of thioether (sulfide) groups is 1. The van der Waals surface area contributed by atoms with Crippen LogP contribution in [0.5, 0.6) is 0 Å². The molecule has 0 aliphatic carbocycles. The minimum Gasteiger partial charge on any atom is -0.480 e. The van der Waals surface area contributed by atoms with Crippen molar-refractivity contribution < 1.29 is 18.3 Å². The molecule has 0 amide bonds. The Labute approximate surface area is 118 Å². The highest BCUT2D eigenvalue weighted by atomic mass is 32.2. The smallest absolute Gasteiger partial charge is 0.322 e. The van der Waals surface area contributed by atoms with Crippen LogP contribution in [0.1, 0.15) is 25.7 Å². The van der Waals surface area contributed by atoms with Crippen LogP contribution in [0.25, 0.3) is 0 Å². The highest BCUT2D eigenvalue weighted by Crippen LogP contribution is 2.24. The summed E-state index contributed by atoms with van der Waals surface area (Å²) in [5.41, 5.74) is 0. The number of rotatable bonds is 3. The number of hydrogen-bond donors (Lipinski definition) is 1. The minimum absolute atomic E-state index is 0.322. The van der Waals surface area contributed by atoms with Gasteiger partial charge in [-0.25, -0.2) is 0 Å². The molecule has 6 nitrogen and oxygen atoms in total. The van der Waals surface area contributed by atoms with E-state index in [9.17, 15) is 18.3 Å². The molecule has 0 saturated carbocycles. The Morgan fingerprint density at radius 3 is 2.63 bits per heavy atom. The maximum absolute atomic E-state index is 12.6. The van der Waals surface area contributed by atoms with Crippen molar-refractivity contribution in [2.24, 2.45) is 0 Å². The molecular formula is C11H20N2O4S2. The molecule has 2 rings (SSSR count). The average molecular weight is 308 g/mol. The lowest BCUT2D eigenvalue weighted by atomic mass is 10.1. The van der Waals surface area contributed by atoms with Gasteiger partial charge in [-0.3, -0.25) is 4.79 Å². The summed E-state index contributed by atoms with van der Waals surface area (Å²) in [7, 11) is -3.63. The molecule has 2 aliphatic rings. The van der Waals surface area contributed by atoms with Crippen LogP contribution in [0.2, 0.25) is 0 Å². The standard InChI is InChI=1S/C11H20N2O4S2/c14-11(15)10-4-1-2-6-13(10)19(16,17)12-5-3-8-18-9-7-12/h10H,1-9H2,(H,14,15). The first-order valence-corrected chi connectivity index (χ1v) is 9.16. The van der Waals surface area contributed by atoms with E-state index in [-0.39, 0.29) is 0 Å². The zero-order chi connectivity index (χ0) is 13.9. The minimum atomic E-state index is -3.63. The second-order valence-electron chi connectivity index (χ2n) is 4.83. The summed E-state index contributed by atoms with van der Waals surface area (Å²) in [5, 5.41) is 9.20. The summed E-state index contributed by atoms with van der Waals surface area (Å²) in [6.45, 7) is 1.30. The van der Waals surface area contributed by atoms with Crippen LogP contribution in [0.3, 0.4) is 0 Å². The summed E-state index contributed by atoms with van der Waals surface area (Å²) >= 11 is 1.75. The normalized spacial score (nSPS) is 27.9. The van der Waals surface area contributed by atoms with E-state index in [1.165, 1.54) is 8.61 Å². The number of carboxylic acid groups (broad SMARTS) is 1. The van der Waals surface area contributed by atoms with Crippen molar-refractivity contribution in [2.45, 2.75) is 31.7 Å². The van der Waals surface area contributed by atoms with Gasteiger partial charge in [-0.2, -0.15) is 28.8 Å². The molecule has 0 spiro atoms. The summed E-state index contributed by atoms with van der Waals surface area (Å²) < 4.78 is 27.8. The summed E-state index contributed by atoms with van der Waals surface area (Å²) in [6, 6.07) is -0.894. The van der Waals surface area contributed by atoms with E-state index in [1.54, 1.807) is 11.8 Å². The molecule has 0 aromatic heterocycles. The van der Waals surface area contributed by atoms with Gasteiger partial charge in [-0.15, -0.1) is 0 Å². The first kappa shape index (κ1) is 15.1. The van der Waals surface area contributed by atoms with Crippen LogP contribution in [0.15, 0.2) is 0 Å². The monoisotopic (exact) mass is 308 g/mol. The van der Waals surface area contributed by atoms with Crippen molar-refractivity contribution in [1.29, 1.82) is 0 Å². The van der Waals surface area contributed by atoms with Gasteiger partial charge >= 0.3 is 5.97 Å². The molecular weight excluding hydrogens is 288 g/mol. The van der Waals surface area contributed by atoms with Crippen LogP contribution in [0, 0.1) is 0 Å². The Kier molecular flexibility index (Phi) is 5.10. The van der Waals surface area contributed by atoms with Gasteiger partial charge in [0.2, 0.25) is 0 Å². The van der Waals surface area contributed by atoms with Crippen LogP contribution < -0.4 is 0 Å². The Morgan fingerprint density at radius 2 is 1.89 bits per heavy atom. The van der Waals surface area contributed by atoms with E-state index >= 15 is 0 Å². The molecule has 19 heavy (non-hydrogen) atoms. The molecule has 0 aromatic rings. The summed E-state index contributed by atoms with van der Waals surface area (Å²) in [4.78, 5) is 11.2. The lowest BCUT2D eigenvalue weighted by Gasteiger charge is -2.35. The van der Waals surface area contributed by atoms with Crippen molar-refractivity contribution in [2.75, 3.05) is 31.1 Å². The van der Waals surface area contributed by atoms with Crippen LogP contribution >= 0.6 is 11.8 Å². The molecule has 8 heteroatoms. The van der Waals surface area contributed by atoms with E-state index in [4.69, 9.17) is 0 Å². The van der Waals surface area contributed by atoms with Crippen LogP contribution in [-0.4, -0.2) is 65.3 Å². The molecule has 110 valence electrons. The number of aliphatic carboxylic acids is 1. The van der Waals surface area contributed by atoms with Gasteiger partial charge < -0.3 is 5.11 Å². The Balaban J connectivity index is 2.18. The van der Waals surface area contributed by atoms with Gasteiger partial charge in [0.25, 0.3) is 10.2 Å². The fourth-order valence-electron chi connectivity index (χ4n) is 2.53. The number of carboxylic acids is 1.